The number of sulfonamides is 2. The lowest BCUT2D eigenvalue weighted by molar-refractivity contribution is 0.577. The van der Waals surface area contributed by atoms with Gasteiger partial charge in [0.05, 0.1) is 10.6 Å². The molecule has 0 heterocycles. The number of benzene rings is 1. The van der Waals surface area contributed by atoms with Gasteiger partial charge in [-0.05, 0) is 19.1 Å². The lowest BCUT2D eigenvalue weighted by Crippen LogP contribution is -2.31. The van der Waals surface area contributed by atoms with Gasteiger partial charge in [-0.3, -0.25) is 0 Å². The molecule has 0 amide bonds. The normalized spacial score (nSPS) is 12.6. The molecular weight excluding hydrogens is 238 g/mol. The SMILES string of the molecule is CCS(=O)(=O)NS(=O)(=O)c1ccccc1. The molecule has 0 unspecified atom stereocenters. The first-order valence-corrected chi connectivity index (χ1v) is 7.32. The monoisotopic (exact) mass is 249 g/mol. The molecule has 0 atom stereocenters. The topological polar surface area (TPSA) is 80.3 Å². The van der Waals surface area contributed by atoms with E-state index in [4.69, 9.17) is 0 Å². The van der Waals surface area contributed by atoms with Gasteiger partial charge in [0.1, 0.15) is 0 Å². The van der Waals surface area contributed by atoms with Crippen molar-refractivity contribution >= 4 is 20.0 Å². The number of rotatable bonds is 4. The second-order valence-electron chi connectivity index (χ2n) is 2.80. The minimum atomic E-state index is -3.97. The van der Waals surface area contributed by atoms with Crippen molar-refractivity contribution in [3.63, 3.8) is 0 Å². The third kappa shape index (κ3) is 3.29. The Kier molecular flexibility index (Phi) is 3.48. The molecule has 5 nitrogen and oxygen atoms in total. The van der Waals surface area contributed by atoms with Crippen LogP contribution in [0.1, 0.15) is 6.92 Å². The van der Waals surface area contributed by atoms with E-state index in [-0.39, 0.29) is 10.6 Å². The van der Waals surface area contributed by atoms with E-state index in [9.17, 15) is 16.8 Å². The summed E-state index contributed by atoms with van der Waals surface area (Å²) in [6.07, 6.45) is 0. The zero-order valence-electron chi connectivity index (χ0n) is 8.04. The smallest absolute Gasteiger partial charge is 0.211 e. The van der Waals surface area contributed by atoms with Crippen LogP contribution in [0.2, 0.25) is 0 Å². The summed E-state index contributed by atoms with van der Waals surface area (Å²) < 4.78 is 46.9. The molecule has 1 aromatic rings. The molecule has 0 saturated heterocycles. The van der Waals surface area contributed by atoms with Gasteiger partial charge in [0, 0.05) is 0 Å². The van der Waals surface area contributed by atoms with E-state index in [1.807, 2.05) is 0 Å². The van der Waals surface area contributed by atoms with Crippen LogP contribution in [-0.2, 0) is 20.0 Å². The van der Waals surface area contributed by atoms with Crippen LogP contribution in [0, 0.1) is 0 Å². The number of hydrogen-bond donors (Lipinski definition) is 1. The zero-order valence-corrected chi connectivity index (χ0v) is 9.68. The van der Waals surface area contributed by atoms with E-state index in [2.05, 4.69) is 0 Å². The second-order valence-corrected chi connectivity index (χ2v) is 6.76. The predicted molar refractivity (Wildman–Crippen MR) is 56.2 cm³/mol. The van der Waals surface area contributed by atoms with Gasteiger partial charge in [-0.2, -0.15) is 0 Å². The highest BCUT2D eigenvalue weighted by atomic mass is 32.3. The van der Waals surface area contributed by atoms with E-state index >= 15 is 0 Å². The summed E-state index contributed by atoms with van der Waals surface area (Å²) in [5.74, 6) is -0.279. The molecule has 1 N–H and O–H groups in total. The summed E-state index contributed by atoms with van der Waals surface area (Å²) >= 11 is 0. The van der Waals surface area contributed by atoms with Crippen molar-refractivity contribution in [1.29, 1.82) is 0 Å². The fourth-order valence-corrected chi connectivity index (χ4v) is 3.58. The molecule has 0 aromatic heterocycles. The lowest BCUT2D eigenvalue weighted by Gasteiger charge is -2.05. The van der Waals surface area contributed by atoms with Gasteiger partial charge in [0.25, 0.3) is 10.0 Å². The fraction of sp³-hybridized carbons (Fsp3) is 0.250. The average Bonchev–Trinajstić information content (AvgIpc) is 2.18. The third-order valence-corrected chi connectivity index (χ3v) is 5.22. The van der Waals surface area contributed by atoms with Crippen LogP contribution in [0.4, 0.5) is 0 Å². The Morgan fingerprint density at radius 1 is 1.07 bits per heavy atom. The molecular formula is C8H11NO4S2. The average molecular weight is 249 g/mol. The maximum Gasteiger partial charge on any atom is 0.253 e. The Morgan fingerprint density at radius 2 is 1.60 bits per heavy atom. The van der Waals surface area contributed by atoms with E-state index in [0.717, 1.165) is 0 Å². The van der Waals surface area contributed by atoms with Gasteiger partial charge < -0.3 is 0 Å². The molecule has 0 saturated carbocycles. The van der Waals surface area contributed by atoms with Crippen molar-refractivity contribution < 1.29 is 16.8 Å². The fourth-order valence-electron chi connectivity index (χ4n) is 0.874. The van der Waals surface area contributed by atoms with Crippen molar-refractivity contribution in [2.24, 2.45) is 0 Å². The molecule has 0 spiro atoms. The number of hydrogen-bond acceptors (Lipinski definition) is 4. The molecule has 1 aromatic carbocycles. The van der Waals surface area contributed by atoms with Gasteiger partial charge in [-0.15, -0.1) is 4.13 Å². The van der Waals surface area contributed by atoms with Crippen LogP contribution in [0.5, 0.6) is 0 Å². The molecule has 0 aliphatic heterocycles. The van der Waals surface area contributed by atoms with Crippen LogP contribution < -0.4 is 4.13 Å². The summed E-state index contributed by atoms with van der Waals surface area (Å²) in [5.41, 5.74) is 0. The Balaban J connectivity index is 3.07. The standard InChI is InChI=1S/C8H11NO4S2/c1-2-14(10,11)9-15(12,13)8-6-4-3-5-7-8/h3-7,9H,2H2,1H3. The van der Waals surface area contributed by atoms with Gasteiger partial charge in [-0.25, -0.2) is 16.8 Å². The Labute approximate surface area is 89.2 Å². The molecule has 15 heavy (non-hydrogen) atoms. The van der Waals surface area contributed by atoms with Gasteiger partial charge >= 0.3 is 0 Å². The molecule has 84 valence electrons. The quantitative estimate of drug-likeness (QED) is 0.833. The maximum absolute atomic E-state index is 11.5. The highest BCUT2D eigenvalue weighted by Crippen LogP contribution is 2.08. The van der Waals surface area contributed by atoms with Crippen LogP contribution >= 0.6 is 0 Å². The van der Waals surface area contributed by atoms with Crippen molar-refractivity contribution in [2.45, 2.75) is 11.8 Å². The molecule has 0 bridgehead atoms. The highest BCUT2D eigenvalue weighted by molar-refractivity contribution is 8.04. The van der Waals surface area contributed by atoms with E-state index < -0.39 is 20.0 Å². The minimum absolute atomic E-state index is 0.0676. The summed E-state index contributed by atoms with van der Waals surface area (Å²) in [5, 5.41) is 0. The first-order chi connectivity index (χ1) is 6.87. The van der Waals surface area contributed by atoms with Gasteiger partial charge in [0.15, 0.2) is 0 Å². The van der Waals surface area contributed by atoms with Gasteiger partial charge in [0.2, 0.25) is 10.0 Å². The van der Waals surface area contributed by atoms with E-state index in [1.165, 1.54) is 31.2 Å². The highest BCUT2D eigenvalue weighted by Gasteiger charge is 2.20. The van der Waals surface area contributed by atoms with Crippen molar-refractivity contribution in [3.05, 3.63) is 30.3 Å². The Morgan fingerprint density at radius 3 is 2.07 bits per heavy atom. The molecule has 0 aliphatic rings. The minimum Gasteiger partial charge on any atom is -0.211 e. The van der Waals surface area contributed by atoms with Crippen molar-refractivity contribution in [2.75, 3.05) is 5.75 Å². The first kappa shape index (κ1) is 12.2. The summed E-state index contributed by atoms with van der Waals surface area (Å²) in [6.45, 7) is 1.36. The third-order valence-electron chi connectivity index (χ3n) is 1.67. The Bertz CT molecular complexity index is 519. The molecule has 0 fully saturated rings. The first-order valence-electron chi connectivity index (χ1n) is 4.19. The van der Waals surface area contributed by atoms with Crippen LogP contribution in [0.25, 0.3) is 0 Å². The summed E-state index contributed by atoms with van der Waals surface area (Å²) in [7, 11) is -7.73. The van der Waals surface area contributed by atoms with Crippen molar-refractivity contribution in [3.8, 4) is 0 Å². The summed E-state index contributed by atoms with van der Waals surface area (Å²) in [6, 6.07) is 7.34. The maximum atomic E-state index is 11.5. The molecule has 1 rings (SSSR count). The van der Waals surface area contributed by atoms with Crippen LogP contribution in [0.3, 0.4) is 0 Å². The summed E-state index contributed by atoms with van der Waals surface area (Å²) in [4.78, 5) is -0.0676. The molecule has 0 radical (unpaired) electrons. The predicted octanol–water partition coefficient (Wildman–Crippen LogP) is 0.315. The van der Waals surface area contributed by atoms with E-state index in [1.54, 1.807) is 10.2 Å². The Hall–Kier alpha value is -0.920. The van der Waals surface area contributed by atoms with Crippen molar-refractivity contribution in [1.82, 2.24) is 4.13 Å². The van der Waals surface area contributed by atoms with Crippen LogP contribution in [-0.4, -0.2) is 22.6 Å². The zero-order chi connectivity index (χ0) is 11.5. The van der Waals surface area contributed by atoms with Crippen LogP contribution in [0.15, 0.2) is 35.2 Å². The largest absolute Gasteiger partial charge is 0.253 e. The molecule has 0 aliphatic carbocycles. The second kappa shape index (κ2) is 4.30. The van der Waals surface area contributed by atoms with E-state index in [0.29, 0.717) is 0 Å². The lowest BCUT2D eigenvalue weighted by atomic mass is 10.4. The van der Waals surface area contributed by atoms with Gasteiger partial charge in [-0.1, -0.05) is 18.2 Å². The molecule has 7 heteroatoms. The number of nitrogens with one attached hydrogen (secondary N) is 1.